The van der Waals surface area contributed by atoms with Gasteiger partial charge >= 0.3 is 29.8 Å². The molecular weight excluding hydrogens is 1460 g/mol. The minimum absolute atomic E-state index is 0.0461. The number of nitrogens with two attached hydrogens (primary N) is 4. The number of likely N-dealkylation sites (tertiary alicyclic amines) is 1. The lowest BCUT2D eigenvalue weighted by atomic mass is 10.00. The lowest BCUT2D eigenvalue weighted by molar-refractivity contribution is -0.144. The van der Waals surface area contributed by atoms with Crippen molar-refractivity contribution in [3.05, 3.63) is 29.8 Å². The number of nitrogens with one attached hydrogen (secondary N) is 11. The average Bonchev–Trinajstić information content (AvgIpc) is 1.77. The van der Waals surface area contributed by atoms with Crippen molar-refractivity contribution in [1.82, 2.24) is 63.4 Å². The molecule has 0 spiro atoms. The van der Waals surface area contributed by atoms with E-state index in [1.165, 1.54) is 31.2 Å². The van der Waals surface area contributed by atoms with Gasteiger partial charge in [-0.15, -0.1) is 0 Å². The molecule has 1 fully saturated rings. The molecule has 27 N–H and O–H groups in total. The number of hydrogen-bond donors (Lipinski definition) is 23. The van der Waals surface area contributed by atoms with Crippen molar-refractivity contribution < 1.29 is 122 Å². The molecule has 1 aromatic carbocycles. The summed E-state index contributed by atoms with van der Waals surface area (Å²) < 4.78 is 0. The highest BCUT2D eigenvalue weighted by atomic mass is 16.4. The van der Waals surface area contributed by atoms with Gasteiger partial charge in [-0.1, -0.05) is 46.2 Å². The zero-order valence-electron chi connectivity index (χ0n) is 63.4. The van der Waals surface area contributed by atoms with E-state index in [-0.39, 0.29) is 102 Å². The van der Waals surface area contributed by atoms with E-state index < -0.39 is 236 Å². The Hall–Kier alpha value is -10.2. The summed E-state index contributed by atoms with van der Waals surface area (Å²) in [5.41, 5.74) is 23.4. The van der Waals surface area contributed by atoms with E-state index in [1.807, 2.05) is 10.6 Å². The highest BCUT2D eigenvalue weighted by Crippen LogP contribution is 2.22. The van der Waals surface area contributed by atoms with Crippen LogP contribution in [0, 0.1) is 11.8 Å². The van der Waals surface area contributed by atoms with Crippen LogP contribution in [0.3, 0.4) is 0 Å². The Labute approximate surface area is 641 Å². The number of benzene rings is 1. The standard InChI is InChI=1S/C70H114N16O25/c1-35(2)30-46(62(102)75-42(15-8-11-27-72)59(99)76-43(22-24-52(90)91)60(100)80-47(31-36(3)4)63(103)83-50(70(110)111)32-39-18-20-40(89)21-19-39)79-61(101)44(23-25-53(92)93)77-64(104)48(33-54(94)95)81-65(105)49(34-55(96)97)82-68(108)57(38(6)88)85-66(106)51-17-13-29-86(51)69(109)45(16-9-12-28-73)78-67(107)56(37(5)87)84-58(98)41(74)14-7-10-26-71/h18-21,35-38,41-51,56-57,87-89H,7-17,22-34,71-74H2,1-6H3,(H,75,102)(H,76,99)(H,77,104)(H,78,107)(H,79,101)(H,80,100)(H,81,105)(H,82,108)(H,83,103)(H,84,98)(H,85,106)(H,90,91)(H,92,93)(H,94,95)(H,96,97)(H,110,111)/t37-,38-,41+,42+,43+,44+,45+,46+,47+,48+,49+,50+,51+,56+,57+/m1/s1. The highest BCUT2D eigenvalue weighted by Gasteiger charge is 2.43. The number of amides is 12. The van der Waals surface area contributed by atoms with Crippen LogP contribution in [-0.4, -0.2) is 263 Å². The summed E-state index contributed by atoms with van der Waals surface area (Å²) in [5.74, 6) is -22.6. The fourth-order valence-corrected chi connectivity index (χ4v) is 11.7. The summed E-state index contributed by atoms with van der Waals surface area (Å²) in [4.78, 5) is 230. The lowest BCUT2D eigenvalue weighted by Gasteiger charge is -2.31. The Balaban J connectivity index is 2.48. The van der Waals surface area contributed by atoms with Crippen LogP contribution in [0.2, 0.25) is 0 Å². The van der Waals surface area contributed by atoms with Crippen LogP contribution < -0.4 is 81.4 Å². The maximum atomic E-state index is 14.4. The Bertz CT molecular complexity index is 3330. The molecule has 0 bridgehead atoms. The van der Waals surface area contributed by atoms with E-state index in [9.17, 15) is 122 Å². The Morgan fingerprint density at radius 1 is 0.414 bits per heavy atom. The third-order valence-corrected chi connectivity index (χ3v) is 17.7. The molecule has 41 nitrogen and oxygen atoms in total. The van der Waals surface area contributed by atoms with Gasteiger partial charge in [-0.2, -0.15) is 0 Å². The topological polar surface area (TPSA) is 692 Å². The Morgan fingerprint density at radius 2 is 0.766 bits per heavy atom. The fraction of sp³-hybridized carbons (Fsp3) is 0.671. The van der Waals surface area contributed by atoms with Crippen molar-refractivity contribution in [3.63, 3.8) is 0 Å². The van der Waals surface area contributed by atoms with Crippen LogP contribution in [-0.2, 0) is 87.9 Å². The van der Waals surface area contributed by atoms with E-state index in [4.69, 9.17) is 22.9 Å². The molecule has 111 heavy (non-hydrogen) atoms. The number of hydrogen-bond acceptors (Lipinski definition) is 24. The number of carbonyl (C=O) groups excluding carboxylic acids is 12. The van der Waals surface area contributed by atoms with Crippen LogP contribution in [0.5, 0.6) is 5.75 Å². The molecule has 15 atom stereocenters. The second kappa shape index (κ2) is 49.8. The van der Waals surface area contributed by atoms with Gasteiger partial charge in [0, 0.05) is 25.8 Å². The quantitative estimate of drug-likeness (QED) is 0.0271. The molecular formula is C70H114N16O25. The molecule has 1 aliphatic rings. The van der Waals surface area contributed by atoms with Crippen molar-refractivity contribution in [2.75, 3.05) is 26.2 Å². The molecule has 2 rings (SSSR count). The van der Waals surface area contributed by atoms with Gasteiger partial charge in [-0.05, 0) is 153 Å². The first-order valence-electron chi connectivity index (χ1n) is 36.9. The van der Waals surface area contributed by atoms with Gasteiger partial charge < -0.3 is 127 Å². The van der Waals surface area contributed by atoms with Gasteiger partial charge in [-0.3, -0.25) is 76.7 Å². The number of carbonyl (C=O) groups is 17. The van der Waals surface area contributed by atoms with Crippen molar-refractivity contribution in [1.29, 1.82) is 0 Å². The van der Waals surface area contributed by atoms with Gasteiger partial charge in [0.2, 0.25) is 70.9 Å². The number of carboxylic acid groups (broad SMARTS) is 5. The number of rotatable bonds is 54. The number of aliphatic carboxylic acids is 5. The predicted molar refractivity (Wildman–Crippen MR) is 393 cm³/mol. The lowest BCUT2D eigenvalue weighted by Crippen LogP contribution is -2.62. The molecule has 1 saturated heterocycles. The zero-order chi connectivity index (χ0) is 83.9. The molecule has 624 valence electrons. The van der Waals surface area contributed by atoms with E-state index in [2.05, 4.69) is 47.9 Å². The molecule has 1 aliphatic heterocycles. The minimum atomic E-state index is -2.29. The molecule has 1 aromatic rings. The number of phenolic OH excluding ortho intramolecular Hbond substituents is 1. The first-order valence-corrected chi connectivity index (χ1v) is 36.9. The number of aliphatic hydroxyl groups is 2. The third kappa shape index (κ3) is 36.0. The predicted octanol–water partition coefficient (Wildman–Crippen LogP) is -5.41. The van der Waals surface area contributed by atoms with Crippen LogP contribution in [0.15, 0.2) is 24.3 Å². The summed E-state index contributed by atoms with van der Waals surface area (Å²) in [5, 5.41) is 106. The molecule has 0 aromatic heterocycles. The zero-order valence-corrected chi connectivity index (χ0v) is 63.4. The summed E-state index contributed by atoms with van der Waals surface area (Å²) in [6.07, 6.45) is -7.39. The number of aromatic hydroxyl groups is 1. The average molecular weight is 1580 g/mol. The highest BCUT2D eigenvalue weighted by molar-refractivity contribution is 6.01. The second-order valence-electron chi connectivity index (χ2n) is 28.2. The van der Waals surface area contributed by atoms with Gasteiger partial charge in [0.1, 0.15) is 78.3 Å². The Kier molecular flexibility index (Phi) is 43.5. The summed E-state index contributed by atoms with van der Waals surface area (Å²) in [6.45, 7) is 9.34. The summed E-state index contributed by atoms with van der Waals surface area (Å²) >= 11 is 0. The normalized spacial score (nSPS) is 16.4. The maximum Gasteiger partial charge on any atom is 0.326 e. The molecule has 0 unspecified atom stereocenters. The first-order chi connectivity index (χ1) is 52.1. The van der Waals surface area contributed by atoms with Crippen molar-refractivity contribution in [2.24, 2.45) is 34.8 Å². The molecule has 0 radical (unpaired) electrons. The van der Waals surface area contributed by atoms with E-state index in [1.54, 1.807) is 27.7 Å². The first kappa shape index (κ1) is 96.8. The molecule has 41 heteroatoms. The second-order valence-corrected chi connectivity index (χ2v) is 28.2. The fourth-order valence-electron chi connectivity index (χ4n) is 11.7. The van der Waals surface area contributed by atoms with Crippen LogP contribution in [0.25, 0.3) is 0 Å². The van der Waals surface area contributed by atoms with Crippen LogP contribution >= 0.6 is 0 Å². The molecule has 1 heterocycles. The monoisotopic (exact) mass is 1580 g/mol. The van der Waals surface area contributed by atoms with Crippen LogP contribution in [0.1, 0.15) is 169 Å². The maximum absolute atomic E-state index is 14.4. The van der Waals surface area contributed by atoms with Crippen molar-refractivity contribution in [3.8, 4) is 5.75 Å². The van der Waals surface area contributed by atoms with Gasteiger partial charge in [0.25, 0.3) is 0 Å². The smallest absolute Gasteiger partial charge is 0.326 e. The minimum Gasteiger partial charge on any atom is -0.508 e. The molecule has 12 amide bonds. The molecule has 0 aliphatic carbocycles. The van der Waals surface area contributed by atoms with Crippen molar-refractivity contribution in [2.45, 2.75) is 261 Å². The van der Waals surface area contributed by atoms with Gasteiger partial charge in [-0.25, -0.2) is 4.79 Å². The molecule has 0 saturated carbocycles. The Morgan fingerprint density at radius 3 is 1.16 bits per heavy atom. The van der Waals surface area contributed by atoms with E-state index >= 15 is 0 Å². The number of aliphatic hydroxyl groups excluding tert-OH is 2. The van der Waals surface area contributed by atoms with Crippen LogP contribution in [0.4, 0.5) is 0 Å². The number of phenols is 1. The van der Waals surface area contributed by atoms with Crippen molar-refractivity contribution >= 4 is 101 Å². The van der Waals surface area contributed by atoms with Gasteiger partial charge in [0.15, 0.2) is 0 Å². The number of carboxylic acids is 5. The number of unbranched alkanes of at least 4 members (excludes halogenated alkanes) is 3. The SMILES string of the molecule is CC(C)C[C@H](NC(=O)[C@H](CCC(=O)O)NC(=O)[C@H](CCCCN)NC(=O)[C@H](CC(C)C)NC(=O)[C@H](CCC(=O)O)NC(=O)[C@H](CC(=O)O)NC(=O)[C@H](CC(=O)O)NC(=O)[C@@H](NC(=O)[C@@H]1CCCN1C(=O)[C@H](CCCCN)NC(=O)[C@@H](NC(=O)[C@@H](N)CCCCN)[C@@H](C)O)[C@@H](C)O)C(=O)N[C@@H](Cc1ccc(O)cc1)C(=O)O. The summed E-state index contributed by atoms with van der Waals surface area (Å²) in [6, 6.07) is -16.6. The largest absolute Gasteiger partial charge is 0.508 e. The van der Waals surface area contributed by atoms with E-state index in [0.717, 1.165) is 11.8 Å². The third-order valence-electron chi connectivity index (χ3n) is 17.7. The van der Waals surface area contributed by atoms with E-state index in [0.29, 0.717) is 31.4 Å². The summed E-state index contributed by atoms with van der Waals surface area (Å²) in [7, 11) is 0. The van der Waals surface area contributed by atoms with Gasteiger partial charge in [0.05, 0.1) is 31.1 Å². The number of nitrogens with zero attached hydrogens (tertiary/aromatic N) is 1.